The minimum Gasteiger partial charge on any atom is -0.299 e. The van der Waals surface area contributed by atoms with Crippen LogP contribution in [0.3, 0.4) is 0 Å². The first-order valence-corrected chi connectivity index (χ1v) is 10.2. The molecule has 0 saturated carbocycles. The van der Waals surface area contributed by atoms with Crippen LogP contribution in [0.5, 0.6) is 0 Å². The van der Waals surface area contributed by atoms with E-state index in [2.05, 4.69) is 40.8 Å². The molecule has 2 atom stereocenters. The molecule has 1 aliphatic heterocycles. The van der Waals surface area contributed by atoms with Crippen molar-refractivity contribution in [2.24, 2.45) is 0 Å². The maximum atomic E-state index is 11.3. The Morgan fingerprint density at radius 1 is 1.38 bits per heavy atom. The second kappa shape index (κ2) is 7.63. The van der Waals surface area contributed by atoms with Gasteiger partial charge in [0.2, 0.25) is 10.0 Å². The van der Waals surface area contributed by atoms with Crippen molar-refractivity contribution < 1.29 is 8.42 Å². The van der Waals surface area contributed by atoms with Crippen molar-refractivity contribution >= 4 is 21.8 Å². The molecule has 1 heterocycles. The molecule has 1 aliphatic rings. The molecule has 118 valence electrons. The summed E-state index contributed by atoms with van der Waals surface area (Å²) in [4.78, 5) is 3.69. The van der Waals surface area contributed by atoms with Crippen LogP contribution in [0.15, 0.2) is 35.2 Å². The fraction of sp³-hybridized carbons (Fsp3) is 0.600. The second-order valence-electron chi connectivity index (χ2n) is 5.67. The van der Waals surface area contributed by atoms with E-state index in [4.69, 9.17) is 0 Å². The Hall–Kier alpha value is -0.560. The molecule has 0 amide bonds. The summed E-state index contributed by atoms with van der Waals surface area (Å²) in [5.74, 6) is 1.09. The molecule has 0 bridgehead atoms. The summed E-state index contributed by atoms with van der Waals surface area (Å²) in [6, 6.07) is 11.0. The molecule has 21 heavy (non-hydrogen) atoms. The molecule has 0 spiro atoms. The minimum atomic E-state index is -3.09. The van der Waals surface area contributed by atoms with Crippen LogP contribution in [-0.2, 0) is 10.0 Å². The number of benzene rings is 1. The second-order valence-corrected chi connectivity index (χ2v) is 8.62. The normalized spacial score (nSPS) is 21.5. The molecule has 0 aliphatic carbocycles. The van der Waals surface area contributed by atoms with Gasteiger partial charge < -0.3 is 0 Å². The van der Waals surface area contributed by atoms with Crippen molar-refractivity contribution in [3.8, 4) is 0 Å². The van der Waals surface area contributed by atoms with Gasteiger partial charge in [0.25, 0.3) is 0 Å². The summed E-state index contributed by atoms with van der Waals surface area (Å²) < 4.78 is 25.2. The third-order valence-electron chi connectivity index (χ3n) is 3.77. The number of hydrogen-bond acceptors (Lipinski definition) is 4. The number of rotatable bonds is 7. The standard InChI is InChI=1S/C15H24N2O2S2/c1-13(9-11-20-15-6-4-3-5-7-15)17-10-8-14(12-17)16-21(2,18)19/h3-7,13-14,16H,8-12H2,1-2H3/t13-,14-/m1/s1. The minimum absolute atomic E-state index is 0.0734. The predicted octanol–water partition coefficient (Wildman–Crippen LogP) is 2.18. The van der Waals surface area contributed by atoms with E-state index in [9.17, 15) is 8.42 Å². The van der Waals surface area contributed by atoms with Crippen molar-refractivity contribution in [2.75, 3.05) is 25.1 Å². The van der Waals surface area contributed by atoms with Crippen LogP contribution >= 0.6 is 11.8 Å². The number of sulfonamides is 1. The number of nitrogens with zero attached hydrogens (tertiary/aromatic N) is 1. The zero-order valence-electron chi connectivity index (χ0n) is 12.7. The smallest absolute Gasteiger partial charge is 0.208 e. The summed E-state index contributed by atoms with van der Waals surface area (Å²) in [6.07, 6.45) is 3.25. The van der Waals surface area contributed by atoms with E-state index in [0.717, 1.165) is 31.7 Å². The maximum absolute atomic E-state index is 11.3. The molecule has 4 nitrogen and oxygen atoms in total. The molecule has 6 heteroatoms. The Morgan fingerprint density at radius 3 is 2.76 bits per heavy atom. The molecule has 1 N–H and O–H groups in total. The van der Waals surface area contributed by atoms with Crippen LogP contribution < -0.4 is 4.72 Å². The molecule has 1 fully saturated rings. The van der Waals surface area contributed by atoms with Crippen molar-refractivity contribution in [1.29, 1.82) is 0 Å². The van der Waals surface area contributed by atoms with E-state index in [-0.39, 0.29) is 6.04 Å². The van der Waals surface area contributed by atoms with Crippen LogP contribution in [-0.4, -0.2) is 50.5 Å². The van der Waals surface area contributed by atoms with Gasteiger partial charge in [0.15, 0.2) is 0 Å². The summed E-state index contributed by atoms with van der Waals surface area (Å²) in [5, 5.41) is 0. The monoisotopic (exact) mass is 328 g/mol. The molecule has 1 aromatic rings. The third kappa shape index (κ3) is 5.98. The first-order valence-electron chi connectivity index (χ1n) is 7.33. The van der Waals surface area contributed by atoms with Gasteiger partial charge in [0, 0.05) is 30.1 Å². The molecular formula is C15H24N2O2S2. The van der Waals surface area contributed by atoms with Crippen molar-refractivity contribution in [2.45, 2.75) is 36.7 Å². The van der Waals surface area contributed by atoms with E-state index in [0.29, 0.717) is 6.04 Å². The van der Waals surface area contributed by atoms with E-state index >= 15 is 0 Å². The average molecular weight is 329 g/mol. The quantitative estimate of drug-likeness (QED) is 0.780. The number of hydrogen-bond donors (Lipinski definition) is 1. The fourth-order valence-electron chi connectivity index (χ4n) is 2.63. The van der Waals surface area contributed by atoms with Crippen LogP contribution in [0.4, 0.5) is 0 Å². The van der Waals surface area contributed by atoms with Crippen molar-refractivity contribution in [3.63, 3.8) is 0 Å². The summed E-state index contributed by atoms with van der Waals surface area (Å²) in [6.45, 7) is 4.03. The molecule has 1 aromatic carbocycles. The zero-order valence-corrected chi connectivity index (χ0v) is 14.3. The lowest BCUT2D eigenvalue weighted by Crippen LogP contribution is -2.38. The van der Waals surface area contributed by atoms with E-state index < -0.39 is 10.0 Å². The highest BCUT2D eigenvalue weighted by Gasteiger charge is 2.27. The molecule has 0 unspecified atom stereocenters. The highest BCUT2D eigenvalue weighted by molar-refractivity contribution is 7.99. The van der Waals surface area contributed by atoms with Gasteiger partial charge in [-0.3, -0.25) is 4.90 Å². The molecule has 0 radical (unpaired) electrons. The number of likely N-dealkylation sites (tertiary alicyclic amines) is 1. The topological polar surface area (TPSA) is 49.4 Å². The lowest BCUT2D eigenvalue weighted by atomic mass is 10.2. The van der Waals surface area contributed by atoms with Crippen LogP contribution in [0, 0.1) is 0 Å². The first-order chi connectivity index (χ1) is 9.94. The number of nitrogens with one attached hydrogen (secondary N) is 1. The highest BCUT2D eigenvalue weighted by atomic mass is 32.2. The fourth-order valence-corrected chi connectivity index (χ4v) is 4.48. The summed E-state index contributed by atoms with van der Waals surface area (Å²) in [5.41, 5.74) is 0. The van der Waals surface area contributed by atoms with Crippen LogP contribution in [0.25, 0.3) is 0 Å². The highest BCUT2D eigenvalue weighted by Crippen LogP contribution is 2.21. The Bertz CT molecular complexity index is 534. The van der Waals surface area contributed by atoms with Gasteiger partial charge in [-0.25, -0.2) is 13.1 Å². The van der Waals surface area contributed by atoms with Gasteiger partial charge in [-0.15, -0.1) is 11.8 Å². The lowest BCUT2D eigenvalue weighted by Gasteiger charge is -2.24. The van der Waals surface area contributed by atoms with E-state index in [1.54, 1.807) is 0 Å². The van der Waals surface area contributed by atoms with E-state index in [1.807, 2.05) is 17.8 Å². The van der Waals surface area contributed by atoms with Crippen LogP contribution in [0.1, 0.15) is 19.8 Å². The predicted molar refractivity (Wildman–Crippen MR) is 89.2 cm³/mol. The van der Waals surface area contributed by atoms with Gasteiger partial charge in [0.05, 0.1) is 6.26 Å². The van der Waals surface area contributed by atoms with E-state index in [1.165, 1.54) is 11.2 Å². The average Bonchev–Trinajstić information content (AvgIpc) is 2.86. The van der Waals surface area contributed by atoms with Gasteiger partial charge in [-0.1, -0.05) is 18.2 Å². The Kier molecular flexibility index (Phi) is 6.10. The molecule has 0 aromatic heterocycles. The maximum Gasteiger partial charge on any atom is 0.208 e. The summed E-state index contributed by atoms with van der Waals surface area (Å²) in [7, 11) is -3.09. The first kappa shape index (κ1) is 16.8. The largest absolute Gasteiger partial charge is 0.299 e. The van der Waals surface area contributed by atoms with Crippen LogP contribution in [0.2, 0.25) is 0 Å². The van der Waals surface area contributed by atoms with Crippen molar-refractivity contribution in [1.82, 2.24) is 9.62 Å². The Labute approximate surface area is 132 Å². The summed E-state index contributed by atoms with van der Waals surface area (Å²) >= 11 is 1.88. The molecule has 1 saturated heterocycles. The SMILES string of the molecule is C[C@H](CCSc1ccccc1)N1CC[C@@H](NS(C)(=O)=O)C1. The Balaban J connectivity index is 1.71. The zero-order chi connectivity index (χ0) is 15.3. The van der Waals surface area contributed by atoms with Gasteiger partial charge in [0.1, 0.15) is 0 Å². The number of thioether (sulfide) groups is 1. The lowest BCUT2D eigenvalue weighted by molar-refractivity contribution is 0.250. The van der Waals surface area contributed by atoms with Gasteiger partial charge in [-0.2, -0.15) is 0 Å². The third-order valence-corrected chi connectivity index (χ3v) is 5.58. The van der Waals surface area contributed by atoms with Crippen molar-refractivity contribution in [3.05, 3.63) is 30.3 Å². The Morgan fingerprint density at radius 2 is 2.10 bits per heavy atom. The molecule has 2 rings (SSSR count). The molecular weight excluding hydrogens is 304 g/mol. The van der Waals surface area contributed by atoms with Gasteiger partial charge >= 0.3 is 0 Å². The van der Waals surface area contributed by atoms with Gasteiger partial charge in [-0.05, 0) is 37.7 Å².